The number of hydrogen-bond acceptors (Lipinski definition) is 4. The summed E-state index contributed by atoms with van der Waals surface area (Å²) < 4.78 is 18.7. The SMILES string of the molecule is COc1ccc(C(C)NC(=O)CCN2C(=O)c3ccccc3C2=O)cc1F. The topological polar surface area (TPSA) is 75.7 Å². The van der Waals surface area contributed by atoms with Crippen LogP contribution in [0.3, 0.4) is 0 Å². The van der Waals surface area contributed by atoms with Gasteiger partial charge >= 0.3 is 0 Å². The van der Waals surface area contributed by atoms with Crippen LogP contribution < -0.4 is 10.1 Å². The average molecular weight is 370 g/mol. The lowest BCUT2D eigenvalue weighted by atomic mass is 10.1. The van der Waals surface area contributed by atoms with Crippen LogP contribution in [0.15, 0.2) is 42.5 Å². The molecule has 1 N–H and O–H groups in total. The number of nitrogens with one attached hydrogen (secondary N) is 1. The van der Waals surface area contributed by atoms with E-state index in [0.717, 1.165) is 4.90 Å². The molecule has 2 aromatic rings. The summed E-state index contributed by atoms with van der Waals surface area (Å²) in [6, 6.07) is 10.6. The Balaban J connectivity index is 1.58. The van der Waals surface area contributed by atoms with E-state index in [4.69, 9.17) is 4.74 Å². The highest BCUT2D eigenvalue weighted by atomic mass is 19.1. The molecule has 3 rings (SSSR count). The fourth-order valence-electron chi connectivity index (χ4n) is 3.00. The number of methoxy groups -OCH3 is 1. The average Bonchev–Trinajstić information content (AvgIpc) is 2.90. The van der Waals surface area contributed by atoms with E-state index in [1.54, 1.807) is 37.3 Å². The molecule has 0 fully saturated rings. The summed E-state index contributed by atoms with van der Waals surface area (Å²) in [6.07, 6.45) is -0.0333. The molecule has 7 heteroatoms. The van der Waals surface area contributed by atoms with Gasteiger partial charge in [0.05, 0.1) is 24.3 Å². The lowest BCUT2D eigenvalue weighted by molar-refractivity contribution is -0.121. The highest BCUT2D eigenvalue weighted by Crippen LogP contribution is 2.23. The number of benzene rings is 2. The summed E-state index contributed by atoms with van der Waals surface area (Å²) in [5.41, 5.74) is 1.29. The van der Waals surface area contributed by atoms with Crippen LogP contribution in [0.4, 0.5) is 4.39 Å². The van der Waals surface area contributed by atoms with Crippen LogP contribution in [-0.4, -0.2) is 36.3 Å². The van der Waals surface area contributed by atoms with Crippen molar-refractivity contribution in [3.8, 4) is 5.75 Å². The molecule has 0 aromatic heterocycles. The first-order chi connectivity index (χ1) is 12.9. The lowest BCUT2D eigenvalue weighted by Gasteiger charge is -2.17. The Morgan fingerprint density at radius 1 is 1.15 bits per heavy atom. The van der Waals surface area contributed by atoms with Crippen molar-refractivity contribution in [2.24, 2.45) is 0 Å². The van der Waals surface area contributed by atoms with E-state index in [1.807, 2.05) is 0 Å². The maximum Gasteiger partial charge on any atom is 0.261 e. The minimum absolute atomic E-state index is 0.0120. The molecule has 1 unspecified atom stereocenters. The van der Waals surface area contributed by atoms with Crippen molar-refractivity contribution < 1.29 is 23.5 Å². The molecule has 0 saturated heterocycles. The van der Waals surface area contributed by atoms with Gasteiger partial charge in [0.1, 0.15) is 0 Å². The van der Waals surface area contributed by atoms with E-state index in [1.165, 1.54) is 19.2 Å². The predicted octanol–water partition coefficient (Wildman–Crippen LogP) is 2.70. The Morgan fingerprint density at radius 2 is 1.78 bits per heavy atom. The molecule has 0 aliphatic carbocycles. The Kier molecular flexibility index (Phi) is 5.21. The molecule has 1 aliphatic heterocycles. The molecular weight excluding hydrogens is 351 g/mol. The van der Waals surface area contributed by atoms with E-state index in [2.05, 4.69) is 5.32 Å². The van der Waals surface area contributed by atoms with Gasteiger partial charge in [-0.25, -0.2) is 4.39 Å². The van der Waals surface area contributed by atoms with Crippen LogP contribution in [0.25, 0.3) is 0 Å². The van der Waals surface area contributed by atoms with Crippen molar-refractivity contribution in [3.05, 3.63) is 65.0 Å². The summed E-state index contributed by atoms with van der Waals surface area (Å²) in [7, 11) is 1.38. The van der Waals surface area contributed by atoms with Gasteiger partial charge in [0.2, 0.25) is 5.91 Å². The monoisotopic (exact) mass is 370 g/mol. The van der Waals surface area contributed by atoms with Gasteiger partial charge in [-0.15, -0.1) is 0 Å². The number of ether oxygens (including phenoxy) is 1. The summed E-state index contributed by atoms with van der Waals surface area (Å²) >= 11 is 0. The van der Waals surface area contributed by atoms with Crippen molar-refractivity contribution in [1.82, 2.24) is 10.2 Å². The van der Waals surface area contributed by atoms with Crippen molar-refractivity contribution in [2.45, 2.75) is 19.4 Å². The highest BCUT2D eigenvalue weighted by Gasteiger charge is 2.35. The first-order valence-electron chi connectivity index (χ1n) is 8.50. The molecule has 0 bridgehead atoms. The zero-order valence-electron chi connectivity index (χ0n) is 15.0. The van der Waals surface area contributed by atoms with Crippen LogP contribution in [0, 0.1) is 5.82 Å². The third-order valence-corrected chi connectivity index (χ3v) is 4.49. The van der Waals surface area contributed by atoms with E-state index in [-0.39, 0.29) is 24.6 Å². The number of rotatable bonds is 6. The van der Waals surface area contributed by atoms with Crippen LogP contribution in [0.2, 0.25) is 0 Å². The summed E-state index contributed by atoms with van der Waals surface area (Å²) in [6.45, 7) is 1.71. The van der Waals surface area contributed by atoms with Gasteiger partial charge in [-0.3, -0.25) is 19.3 Å². The van der Waals surface area contributed by atoms with Crippen LogP contribution in [0.5, 0.6) is 5.75 Å². The number of hydrogen-bond donors (Lipinski definition) is 1. The number of fused-ring (bicyclic) bond motifs is 1. The van der Waals surface area contributed by atoms with Crippen LogP contribution >= 0.6 is 0 Å². The van der Waals surface area contributed by atoms with Crippen molar-refractivity contribution in [1.29, 1.82) is 0 Å². The molecule has 2 aromatic carbocycles. The first kappa shape index (κ1) is 18.6. The van der Waals surface area contributed by atoms with E-state index < -0.39 is 23.7 Å². The summed E-state index contributed by atoms with van der Waals surface area (Å²) in [5, 5.41) is 2.74. The molecule has 0 saturated carbocycles. The number of imide groups is 1. The number of amides is 3. The van der Waals surface area contributed by atoms with Gasteiger partial charge in [-0.2, -0.15) is 0 Å². The second kappa shape index (κ2) is 7.57. The smallest absolute Gasteiger partial charge is 0.261 e. The van der Waals surface area contributed by atoms with Crippen molar-refractivity contribution in [2.75, 3.05) is 13.7 Å². The lowest BCUT2D eigenvalue weighted by Crippen LogP contribution is -2.35. The number of carbonyl (C=O) groups excluding carboxylic acids is 3. The second-order valence-electron chi connectivity index (χ2n) is 6.24. The standard InChI is InChI=1S/C20H19FN2O4/c1-12(13-7-8-17(27-2)16(21)11-13)22-18(24)9-10-23-19(25)14-5-3-4-6-15(14)20(23)26/h3-8,11-12H,9-10H2,1-2H3,(H,22,24). The Hall–Kier alpha value is -3.22. The molecule has 1 aliphatic rings. The molecule has 0 spiro atoms. The largest absolute Gasteiger partial charge is 0.494 e. The fraction of sp³-hybridized carbons (Fsp3) is 0.250. The van der Waals surface area contributed by atoms with Crippen LogP contribution in [-0.2, 0) is 4.79 Å². The first-order valence-corrected chi connectivity index (χ1v) is 8.50. The fourth-order valence-corrected chi connectivity index (χ4v) is 3.00. The molecule has 6 nitrogen and oxygen atoms in total. The zero-order chi connectivity index (χ0) is 19.6. The zero-order valence-corrected chi connectivity index (χ0v) is 15.0. The van der Waals surface area contributed by atoms with E-state index >= 15 is 0 Å². The Labute approximate surface area is 155 Å². The van der Waals surface area contributed by atoms with Crippen molar-refractivity contribution >= 4 is 17.7 Å². The normalized spacial score (nSPS) is 14.1. The third-order valence-electron chi connectivity index (χ3n) is 4.49. The predicted molar refractivity (Wildman–Crippen MR) is 95.9 cm³/mol. The third kappa shape index (κ3) is 3.67. The maximum atomic E-state index is 13.8. The maximum absolute atomic E-state index is 13.8. The van der Waals surface area contributed by atoms with E-state index in [9.17, 15) is 18.8 Å². The van der Waals surface area contributed by atoms with Gasteiger partial charge in [-0.1, -0.05) is 18.2 Å². The molecule has 140 valence electrons. The minimum Gasteiger partial charge on any atom is -0.494 e. The molecule has 1 heterocycles. The van der Waals surface area contributed by atoms with E-state index in [0.29, 0.717) is 16.7 Å². The molecule has 0 radical (unpaired) electrons. The van der Waals surface area contributed by atoms with Gasteiger partial charge in [0.25, 0.3) is 11.8 Å². The Morgan fingerprint density at radius 3 is 2.33 bits per heavy atom. The van der Waals surface area contributed by atoms with Crippen LogP contribution in [0.1, 0.15) is 45.7 Å². The minimum atomic E-state index is -0.512. The highest BCUT2D eigenvalue weighted by molar-refractivity contribution is 6.21. The molecular formula is C20H19FN2O4. The second-order valence-corrected chi connectivity index (χ2v) is 6.24. The van der Waals surface area contributed by atoms with Crippen molar-refractivity contribution in [3.63, 3.8) is 0 Å². The number of carbonyl (C=O) groups is 3. The molecule has 3 amide bonds. The van der Waals surface area contributed by atoms with Gasteiger partial charge in [0, 0.05) is 13.0 Å². The number of nitrogens with zero attached hydrogens (tertiary/aromatic N) is 1. The van der Waals surface area contributed by atoms with Gasteiger partial charge in [0.15, 0.2) is 11.6 Å². The van der Waals surface area contributed by atoms with Gasteiger partial charge < -0.3 is 10.1 Å². The summed E-state index contributed by atoms with van der Waals surface area (Å²) in [5.74, 6) is -1.51. The van der Waals surface area contributed by atoms with Gasteiger partial charge in [-0.05, 0) is 36.8 Å². The Bertz CT molecular complexity index is 878. The molecule has 1 atom stereocenters. The number of halogens is 1. The molecule has 27 heavy (non-hydrogen) atoms. The summed E-state index contributed by atoms with van der Waals surface area (Å²) in [4.78, 5) is 37.8. The quantitative estimate of drug-likeness (QED) is 0.794.